The fraction of sp³-hybridized carbons (Fsp3) is 0.0526. The molecule has 0 fully saturated rings. The van der Waals surface area contributed by atoms with Crippen LogP contribution in [0.15, 0.2) is 66.9 Å². The molecule has 0 bridgehead atoms. The lowest BCUT2D eigenvalue weighted by Crippen LogP contribution is -2.32. The molecule has 25 heavy (non-hydrogen) atoms. The summed E-state index contributed by atoms with van der Waals surface area (Å²) in [6, 6.07) is 16.9. The first-order valence-electron chi connectivity index (χ1n) is 7.70. The number of aromatic nitrogens is 1. The molecule has 2 heterocycles. The Morgan fingerprint density at radius 2 is 1.88 bits per heavy atom. The smallest absolute Gasteiger partial charge is 0.262 e. The standard InChI is InChI=1S/C19H13ClFN3O/c20-15-11-12(21)8-9-16(15)23-18-17-14(7-4-10-22-17)19(25)24(18)13-5-2-1-3-6-13/h1-11,18,23H/t18-/m1/s1. The molecule has 0 unspecified atom stereocenters. The molecule has 0 radical (unpaired) electrons. The van der Waals surface area contributed by atoms with Crippen molar-refractivity contribution in [3.05, 3.63) is 89.0 Å². The molecule has 1 aromatic heterocycles. The third-order valence-electron chi connectivity index (χ3n) is 4.06. The maximum atomic E-state index is 13.3. The summed E-state index contributed by atoms with van der Waals surface area (Å²) in [5.41, 5.74) is 2.40. The first kappa shape index (κ1) is 15.6. The van der Waals surface area contributed by atoms with E-state index in [0.717, 1.165) is 5.69 Å². The number of hydrogen-bond acceptors (Lipinski definition) is 3. The topological polar surface area (TPSA) is 45.2 Å². The Bertz CT molecular complexity index is 948. The van der Waals surface area contributed by atoms with Crippen molar-refractivity contribution >= 4 is 28.9 Å². The minimum Gasteiger partial charge on any atom is -0.359 e. The summed E-state index contributed by atoms with van der Waals surface area (Å²) in [6.45, 7) is 0. The van der Waals surface area contributed by atoms with Gasteiger partial charge < -0.3 is 5.32 Å². The van der Waals surface area contributed by atoms with Crippen molar-refractivity contribution in [1.29, 1.82) is 0 Å². The third-order valence-corrected chi connectivity index (χ3v) is 4.38. The van der Waals surface area contributed by atoms with Gasteiger partial charge in [0.25, 0.3) is 5.91 Å². The van der Waals surface area contributed by atoms with Gasteiger partial charge in [0.05, 0.1) is 22.0 Å². The number of pyridine rings is 1. The van der Waals surface area contributed by atoms with Crippen LogP contribution in [0.4, 0.5) is 15.8 Å². The summed E-state index contributed by atoms with van der Waals surface area (Å²) in [7, 11) is 0. The van der Waals surface area contributed by atoms with Crippen molar-refractivity contribution in [1.82, 2.24) is 4.98 Å². The van der Waals surface area contributed by atoms with Crippen LogP contribution in [0.1, 0.15) is 22.2 Å². The maximum Gasteiger partial charge on any atom is 0.262 e. The fourth-order valence-corrected chi connectivity index (χ4v) is 3.15. The van der Waals surface area contributed by atoms with E-state index in [0.29, 0.717) is 16.9 Å². The lowest BCUT2D eigenvalue weighted by molar-refractivity contribution is 0.0993. The summed E-state index contributed by atoms with van der Waals surface area (Å²) >= 11 is 6.14. The van der Waals surface area contributed by atoms with Gasteiger partial charge in [0.15, 0.2) is 6.17 Å². The minimum atomic E-state index is -0.533. The molecule has 6 heteroatoms. The van der Waals surface area contributed by atoms with E-state index in [1.165, 1.54) is 12.1 Å². The van der Waals surface area contributed by atoms with E-state index in [1.54, 1.807) is 29.3 Å². The third kappa shape index (κ3) is 2.72. The van der Waals surface area contributed by atoms with E-state index in [2.05, 4.69) is 10.3 Å². The Balaban J connectivity index is 1.80. The quantitative estimate of drug-likeness (QED) is 0.745. The average Bonchev–Trinajstić information content (AvgIpc) is 2.91. The van der Waals surface area contributed by atoms with Crippen molar-refractivity contribution in [3.8, 4) is 0 Å². The molecule has 2 aromatic carbocycles. The molecule has 1 aliphatic heterocycles. The van der Waals surface area contributed by atoms with Gasteiger partial charge in [-0.25, -0.2) is 4.39 Å². The van der Waals surface area contributed by atoms with Gasteiger partial charge in [-0.3, -0.25) is 14.7 Å². The summed E-state index contributed by atoms with van der Waals surface area (Å²) < 4.78 is 13.3. The van der Waals surface area contributed by atoms with E-state index in [4.69, 9.17) is 11.6 Å². The molecule has 0 saturated heterocycles. The highest BCUT2D eigenvalue weighted by Gasteiger charge is 2.39. The number of carbonyl (C=O) groups is 1. The van der Waals surface area contributed by atoms with Crippen molar-refractivity contribution < 1.29 is 9.18 Å². The molecule has 3 aromatic rings. The van der Waals surface area contributed by atoms with Crippen molar-refractivity contribution in [2.75, 3.05) is 10.2 Å². The zero-order valence-corrected chi connectivity index (χ0v) is 13.7. The van der Waals surface area contributed by atoms with Crippen molar-refractivity contribution in [2.45, 2.75) is 6.17 Å². The van der Waals surface area contributed by atoms with Crippen LogP contribution in [0.5, 0.6) is 0 Å². The molecule has 1 N–H and O–H groups in total. The number of halogens is 2. The SMILES string of the molecule is O=C1c2cccnc2[C@H](Nc2ccc(F)cc2Cl)N1c1ccccc1. The summed E-state index contributed by atoms with van der Waals surface area (Å²) in [5.74, 6) is -0.568. The molecule has 124 valence electrons. The Kier molecular flexibility index (Phi) is 3.86. The lowest BCUT2D eigenvalue weighted by Gasteiger charge is -2.27. The molecule has 0 aliphatic carbocycles. The molecule has 4 nitrogen and oxygen atoms in total. The predicted molar refractivity (Wildman–Crippen MR) is 95.3 cm³/mol. The molecule has 4 rings (SSSR count). The highest BCUT2D eigenvalue weighted by atomic mass is 35.5. The van der Waals surface area contributed by atoms with Gasteiger partial charge in [-0.15, -0.1) is 0 Å². The molecule has 1 atom stereocenters. The van der Waals surface area contributed by atoms with Crippen LogP contribution in [-0.2, 0) is 0 Å². The number of hydrogen-bond donors (Lipinski definition) is 1. The number of carbonyl (C=O) groups excluding carboxylic acids is 1. The number of fused-ring (bicyclic) bond motifs is 1. The van der Waals surface area contributed by atoms with Crippen LogP contribution in [0.2, 0.25) is 5.02 Å². The van der Waals surface area contributed by atoms with E-state index in [1.807, 2.05) is 30.3 Å². The molecule has 0 saturated carbocycles. The van der Waals surface area contributed by atoms with E-state index < -0.39 is 12.0 Å². The fourth-order valence-electron chi connectivity index (χ4n) is 2.93. The summed E-state index contributed by atoms with van der Waals surface area (Å²) in [4.78, 5) is 18.9. The second-order valence-corrected chi connectivity index (χ2v) is 6.03. The average molecular weight is 354 g/mol. The number of anilines is 2. The Hall–Kier alpha value is -2.92. The highest BCUT2D eigenvalue weighted by molar-refractivity contribution is 6.33. The van der Waals surface area contributed by atoms with Gasteiger partial charge in [0.1, 0.15) is 5.82 Å². The first-order valence-corrected chi connectivity index (χ1v) is 8.08. The largest absolute Gasteiger partial charge is 0.359 e. The normalized spacial score (nSPS) is 16.0. The monoisotopic (exact) mass is 353 g/mol. The maximum absolute atomic E-state index is 13.3. The Labute approximate surface area is 148 Å². The number of amides is 1. The Morgan fingerprint density at radius 1 is 1.08 bits per heavy atom. The van der Waals surface area contributed by atoms with Crippen molar-refractivity contribution in [2.24, 2.45) is 0 Å². The predicted octanol–water partition coefficient (Wildman–Crippen LogP) is 4.65. The van der Waals surface area contributed by atoms with Gasteiger partial charge in [-0.2, -0.15) is 0 Å². The zero-order valence-electron chi connectivity index (χ0n) is 13.0. The van der Waals surface area contributed by atoms with Crippen LogP contribution < -0.4 is 10.2 Å². The number of nitrogens with zero attached hydrogens (tertiary/aromatic N) is 2. The van der Waals surface area contributed by atoms with Crippen LogP contribution in [0.3, 0.4) is 0 Å². The number of rotatable bonds is 3. The number of benzene rings is 2. The molecule has 0 spiro atoms. The van der Waals surface area contributed by atoms with E-state index in [-0.39, 0.29) is 10.9 Å². The first-order chi connectivity index (χ1) is 12.1. The Morgan fingerprint density at radius 3 is 2.64 bits per heavy atom. The van der Waals surface area contributed by atoms with Gasteiger partial charge in [0, 0.05) is 11.9 Å². The van der Waals surface area contributed by atoms with Crippen LogP contribution >= 0.6 is 11.6 Å². The second-order valence-electron chi connectivity index (χ2n) is 5.62. The van der Waals surface area contributed by atoms with Crippen LogP contribution in [0.25, 0.3) is 0 Å². The summed E-state index contributed by atoms with van der Waals surface area (Å²) in [6.07, 6.45) is 1.11. The second kappa shape index (κ2) is 6.18. The van der Waals surface area contributed by atoms with E-state index >= 15 is 0 Å². The highest BCUT2D eigenvalue weighted by Crippen LogP contribution is 2.38. The molecule has 1 amide bonds. The lowest BCUT2D eigenvalue weighted by atomic mass is 10.2. The van der Waals surface area contributed by atoms with Gasteiger partial charge >= 0.3 is 0 Å². The van der Waals surface area contributed by atoms with Crippen molar-refractivity contribution in [3.63, 3.8) is 0 Å². The molecule has 1 aliphatic rings. The molecular weight excluding hydrogens is 341 g/mol. The van der Waals surface area contributed by atoms with Gasteiger partial charge in [-0.1, -0.05) is 29.8 Å². The molecular formula is C19H13ClFN3O. The zero-order chi connectivity index (χ0) is 17.4. The number of nitrogens with one attached hydrogen (secondary N) is 1. The van der Waals surface area contributed by atoms with Crippen LogP contribution in [0, 0.1) is 5.82 Å². The number of para-hydroxylation sites is 1. The summed E-state index contributed by atoms with van der Waals surface area (Å²) in [5, 5.41) is 3.46. The van der Waals surface area contributed by atoms with Gasteiger partial charge in [-0.05, 0) is 42.5 Å². The van der Waals surface area contributed by atoms with Gasteiger partial charge in [0.2, 0.25) is 0 Å². The minimum absolute atomic E-state index is 0.148. The van der Waals surface area contributed by atoms with E-state index in [9.17, 15) is 9.18 Å². The van der Waals surface area contributed by atoms with Crippen LogP contribution in [-0.4, -0.2) is 10.9 Å².